The molecule has 32 heavy (non-hydrogen) atoms. The number of hydrogen-bond donors (Lipinski definition) is 0. The highest BCUT2D eigenvalue weighted by atomic mass is 19.1. The SMILES string of the molecule is CCC(CCC(C)c1ccc(OC)c(OC)c1)N1CCC(C(=O)c2ccc(F)cc2)CC1. The van der Waals surface area contributed by atoms with E-state index >= 15 is 0 Å². The molecule has 0 amide bonds. The number of benzene rings is 2. The van der Waals surface area contributed by atoms with Crippen LogP contribution in [0, 0.1) is 11.7 Å². The maximum absolute atomic E-state index is 13.2. The molecule has 1 aliphatic heterocycles. The van der Waals surface area contributed by atoms with E-state index in [0.29, 0.717) is 17.5 Å². The molecule has 0 aliphatic carbocycles. The minimum Gasteiger partial charge on any atom is -0.493 e. The first-order valence-electron chi connectivity index (χ1n) is 11.7. The third-order valence-electron chi connectivity index (χ3n) is 6.93. The van der Waals surface area contributed by atoms with E-state index in [-0.39, 0.29) is 17.5 Å². The first-order chi connectivity index (χ1) is 15.5. The fourth-order valence-electron chi connectivity index (χ4n) is 4.79. The molecule has 0 N–H and O–H groups in total. The van der Waals surface area contributed by atoms with Crippen LogP contribution >= 0.6 is 0 Å². The number of Topliss-reactive ketones (excluding diaryl/α,β-unsaturated/α-hetero) is 1. The number of rotatable bonds is 10. The Morgan fingerprint density at radius 1 is 1.03 bits per heavy atom. The zero-order valence-corrected chi connectivity index (χ0v) is 19.8. The van der Waals surface area contributed by atoms with Crippen molar-refractivity contribution in [3.8, 4) is 11.5 Å². The summed E-state index contributed by atoms with van der Waals surface area (Å²) in [5, 5.41) is 0. The highest BCUT2D eigenvalue weighted by Crippen LogP contribution is 2.33. The van der Waals surface area contributed by atoms with E-state index in [1.54, 1.807) is 26.4 Å². The molecule has 0 spiro atoms. The Kier molecular flexibility index (Phi) is 8.68. The second-order valence-electron chi connectivity index (χ2n) is 8.84. The molecular formula is C27H36FNO3. The van der Waals surface area contributed by atoms with Crippen LogP contribution in [0.2, 0.25) is 0 Å². The van der Waals surface area contributed by atoms with Gasteiger partial charge in [-0.25, -0.2) is 4.39 Å². The first-order valence-corrected chi connectivity index (χ1v) is 11.7. The van der Waals surface area contributed by atoms with Crippen LogP contribution < -0.4 is 9.47 Å². The van der Waals surface area contributed by atoms with Gasteiger partial charge in [0.25, 0.3) is 0 Å². The maximum Gasteiger partial charge on any atom is 0.166 e. The molecule has 1 fully saturated rings. The van der Waals surface area contributed by atoms with Gasteiger partial charge in [-0.05, 0) is 93.1 Å². The molecule has 0 aromatic heterocycles. The van der Waals surface area contributed by atoms with E-state index in [1.807, 2.05) is 6.07 Å². The van der Waals surface area contributed by atoms with Gasteiger partial charge in [0.1, 0.15) is 5.82 Å². The van der Waals surface area contributed by atoms with E-state index in [9.17, 15) is 9.18 Å². The fourth-order valence-corrected chi connectivity index (χ4v) is 4.79. The van der Waals surface area contributed by atoms with Gasteiger partial charge in [-0.3, -0.25) is 4.79 Å². The highest BCUT2D eigenvalue weighted by Gasteiger charge is 2.29. The van der Waals surface area contributed by atoms with Crippen molar-refractivity contribution in [2.45, 2.75) is 57.9 Å². The van der Waals surface area contributed by atoms with Gasteiger partial charge in [0.05, 0.1) is 14.2 Å². The number of halogens is 1. The number of hydrogen-bond acceptors (Lipinski definition) is 4. The number of methoxy groups -OCH3 is 2. The molecule has 0 saturated carbocycles. The number of piperidine rings is 1. The van der Waals surface area contributed by atoms with Gasteiger partial charge in [0, 0.05) is 17.5 Å². The van der Waals surface area contributed by atoms with Gasteiger partial charge in [-0.2, -0.15) is 0 Å². The molecule has 1 aliphatic rings. The molecular weight excluding hydrogens is 405 g/mol. The third kappa shape index (κ3) is 5.89. The molecule has 2 atom stereocenters. The summed E-state index contributed by atoms with van der Waals surface area (Å²) in [5.41, 5.74) is 1.89. The summed E-state index contributed by atoms with van der Waals surface area (Å²) >= 11 is 0. The predicted octanol–water partition coefficient (Wildman–Crippen LogP) is 6.10. The summed E-state index contributed by atoms with van der Waals surface area (Å²) in [6.07, 6.45) is 5.08. The van der Waals surface area contributed by atoms with E-state index in [1.165, 1.54) is 17.7 Å². The molecule has 2 aromatic carbocycles. The smallest absolute Gasteiger partial charge is 0.166 e. The first kappa shape index (κ1) is 24.2. The zero-order valence-electron chi connectivity index (χ0n) is 19.8. The van der Waals surface area contributed by atoms with Crippen molar-refractivity contribution in [3.63, 3.8) is 0 Å². The van der Waals surface area contributed by atoms with Gasteiger partial charge < -0.3 is 14.4 Å². The summed E-state index contributed by atoms with van der Waals surface area (Å²) < 4.78 is 24.0. The summed E-state index contributed by atoms with van der Waals surface area (Å²) in [6.45, 7) is 6.41. The zero-order chi connectivity index (χ0) is 23.1. The van der Waals surface area contributed by atoms with E-state index in [4.69, 9.17) is 9.47 Å². The number of ether oxygens (including phenoxy) is 2. The van der Waals surface area contributed by atoms with E-state index in [2.05, 4.69) is 30.9 Å². The standard InChI is InChI=1S/C27H36FNO3/c1-5-24(12-6-19(2)22-9-13-25(31-3)26(18-22)32-4)29-16-14-21(15-17-29)27(30)20-7-10-23(28)11-8-20/h7-11,13,18-19,21,24H,5-6,12,14-17H2,1-4H3. The van der Waals surface area contributed by atoms with Crippen molar-refractivity contribution in [2.24, 2.45) is 5.92 Å². The Bertz CT molecular complexity index is 875. The van der Waals surface area contributed by atoms with Crippen LogP contribution in [0.15, 0.2) is 42.5 Å². The Morgan fingerprint density at radius 2 is 1.69 bits per heavy atom. The quantitative estimate of drug-likeness (QED) is 0.418. The lowest BCUT2D eigenvalue weighted by atomic mass is 9.87. The van der Waals surface area contributed by atoms with E-state index in [0.717, 1.165) is 56.7 Å². The van der Waals surface area contributed by atoms with Gasteiger partial charge >= 0.3 is 0 Å². The van der Waals surface area contributed by atoms with Crippen molar-refractivity contribution < 1.29 is 18.7 Å². The van der Waals surface area contributed by atoms with Crippen LogP contribution in [0.25, 0.3) is 0 Å². The molecule has 1 heterocycles. The second kappa shape index (κ2) is 11.5. The summed E-state index contributed by atoms with van der Waals surface area (Å²) in [7, 11) is 3.33. The second-order valence-corrected chi connectivity index (χ2v) is 8.84. The van der Waals surface area contributed by atoms with Crippen LogP contribution in [0.4, 0.5) is 4.39 Å². The minimum atomic E-state index is -0.301. The normalized spacial score (nSPS) is 17.0. The van der Waals surface area contributed by atoms with Crippen molar-refractivity contribution in [1.82, 2.24) is 4.90 Å². The predicted molar refractivity (Wildman–Crippen MR) is 126 cm³/mol. The fraction of sp³-hybridized carbons (Fsp3) is 0.519. The molecule has 0 bridgehead atoms. The Morgan fingerprint density at radius 3 is 2.28 bits per heavy atom. The van der Waals surface area contributed by atoms with Crippen LogP contribution in [0.5, 0.6) is 11.5 Å². The maximum atomic E-state index is 13.2. The number of nitrogens with zero attached hydrogens (tertiary/aromatic N) is 1. The van der Waals surface area contributed by atoms with Crippen molar-refractivity contribution in [3.05, 3.63) is 59.4 Å². The minimum absolute atomic E-state index is 0.0416. The molecule has 174 valence electrons. The largest absolute Gasteiger partial charge is 0.493 e. The average Bonchev–Trinajstić information content (AvgIpc) is 2.84. The van der Waals surface area contributed by atoms with Crippen molar-refractivity contribution in [2.75, 3.05) is 27.3 Å². The summed E-state index contributed by atoms with van der Waals surface area (Å²) in [6, 6.07) is 12.7. The monoisotopic (exact) mass is 441 g/mol. The molecule has 4 nitrogen and oxygen atoms in total. The third-order valence-corrected chi connectivity index (χ3v) is 6.93. The van der Waals surface area contributed by atoms with Gasteiger partial charge in [-0.1, -0.05) is 19.9 Å². The van der Waals surface area contributed by atoms with Crippen molar-refractivity contribution >= 4 is 5.78 Å². The summed E-state index contributed by atoms with van der Waals surface area (Å²) in [4.78, 5) is 15.3. The van der Waals surface area contributed by atoms with Crippen LogP contribution in [0.3, 0.4) is 0 Å². The summed E-state index contributed by atoms with van der Waals surface area (Å²) in [5.74, 6) is 1.86. The van der Waals surface area contributed by atoms with Crippen LogP contribution in [-0.4, -0.2) is 44.0 Å². The lowest BCUT2D eigenvalue weighted by Gasteiger charge is -2.37. The van der Waals surface area contributed by atoms with Crippen molar-refractivity contribution in [1.29, 1.82) is 0 Å². The van der Waals surface area contributed by atoms with Gasteiger partial charge in [-0.15, -0.1) is 0 Å². The van der Waals surface area contributed by atoms with Gasteiger partial charge in [0.2, 0.25) is 0 Å². The number of ketones is 1. The lowest BCUT2D eigenvalue weighted by Crippen LogP contribution is -2.42. The van der Waals surface area contributed by atoms with E-state index < -0.39 is 0 Å². The molecule has 2 unspecified atom stereocenters. The van der Waals surface area contributed by atoms with Crippen LogP contribution in [0.1, 0.15) is 67.8 Å². The van der Waals surface area contributed by atoms with Gasteiger partial charge in [0.15, 0.2) is 17.3 Å². The number of likely N-dealkylation sites (tertiary alicyclic amines) is 1. The number of carbonyl (C=O) groups excluding carboxylic acids is 1. The molecule has 5 heteroatoms. The highest BCUT2D eigenvalue weighted by molar-refractivity contribution is 5.97. The van der Waals surface area contributed by atoms with Crippen LogP contribution in [-0.2, 0) is 0 Å². The Labute approximate surface area is 191 Å². The average molecular weight is 442 g/mol. The number of carbonyl (C=O) groups is 1. The molecule has 2 aromatic rings. The topological polar surface area (TPSA) is 38.8 Å². The molecule has 0 radical (unpaired) electrons. The lowest BCUT2D eigenvalue weighted by molar-refractivity contribution is 0.0774. The molecule has 3 rings (SSSR count). The molecule has 1 saturated heterocycles. The Balaban J connectivity index is 1.52. The Hall–Kier alpha value is -2.40.